The Hall–Kier alpha value is -5.72. The van der Waals surface area contributed by atoms with Crippen molar-refractivity contribution in [3.05, 3.63) is 125 Å². The fourth-order valence-corrected chi connectivity index (χ4v) is 6.78. The number of likely N-dealkylation sites (tertiary alicyclic amines) is 1. The quantitative estimate of drug-likeness (QED) is 0.132. The van der Waals surface area contributed by atoms with E-state index in [1.165, 1.54) is 0 Å². The van der Waals surface area contributed by atoms with Gasteiger partial charge in [-0.25, -0.2) is 19.8 Å². The number of imidazole rings is 1. The second-order valence-electron chi connectivity index (χ2n) is 14.0. The van der Waals surface area contributed by atoms with Crippen molar-refractivity contribution in [2.24, 2.45) is 12.0 Å². The zero-order valence-corrected chi connectivity index (χ0v) is 29.9. The predicted octanol–water partition coefficient (Wildman–Crippen LogP) is 8.00. The zero-order chi connectivity index (χ0) is 35.7. The minimum atomic E-state index is -0.610. The molecule has 1 aliphatic rings. The molecule has 6 aromatic rings. The lowest BCUT2D eigenvalue weighted by molar-refractivity contribution is 0.0146. The maximum Gasteiger partial charge on any atom is 0.410 e. The molecule has 7 rings (SSSR count). The molecular weight excluding hydrogens is 637 g/mol. The molecule has 9 nitrogen and oxygen atoms in total. The molecule has 1 amide bonds. The van der Waals surface area contributed by atoms with E-state index in [1.54, 1.807) is 18.2 Å². The highest BCUT2D eigenvalue weighted by Crippen LogP contribution is 2.37. The fourth-order valence-electron chi connectivity index (χ4n) is 6.78. The topological polar surface area (TPSA) is 86.8 Å². The molecule has 9 heteroatoms. The molecule has 2 atom stereocenters. The average molecular weight is 679 g/mol. The Balaban J connectivity index is 1.39. The SMILES string of the molecule is COC[C@H]1C[C@H](n2cc(C#Cc3ccc4nc(C)n(C)c4c3)c3c(N=C(c4ccccc4)c4ccccc4)nccc32)CN1C(=O)OC(C)(C)C. The number of fused-ring (bicyclic) bond motifs is 2. The number of benzene rings is 3. The van der Waals surface area contributed by atoms with E-state index in [9.17, 15) is 4.79 Å². The lowest BCUT2D eigenvalue weighted by Crippen LogP contribution is -2.41. The highest BCUT2D eigenvalue weighted by Gasteiger charge is 2.39. The number of ether oxygens (including phenoxy) is 2. The third-order valence-electron chi connectivity index (χ3n) is 9.26. The van der Waals surface area contributed by atoms with Gasteiger partial charge in [-0.1, -0.05) is 72.5 Å². The molecule has 0 radical (unpaired) electrons. The van der Waals surface area contributed by atoms with Gasteiger partial charge in [-0.05, 0) is 58.4 Å². The molecule has 0 unspecified atom stereocenters. The van der Waals surface area contributed by atoms with Crippen molar-refractivity contribution in [1.82, 2.24) is 24.0 Å². The molecule has 1 aliphatic heterocycles. The van der Waals surface area contributed by atoms with Crippen LogP contribution in [0.25, 0.3) is 21.9 Å². The monoisotopic (exact) mass is 678 g/mol. The van der Waals surface area contributed by atoms with Gasteiger partial charge in [-0.3, -0.25) is 0 Å². The lowest BCUT2D eigenvalue weighted by atomic mass is 10.0. The number of aliphatic imine (C=N–C) groups is 1. The van der Waals surface area contributed by atoms with Gasteiger partial charge in [0.1, 0.15) is 11.4 Å². The van der Waals surface area contributed by atoms with E-state index < -0.39 is 5.60 Å². The predicted molar refractivity (Wildman–Crippen MR) is 202 cm³/mol. The molecule has 51 heavy (non-hydrogen) atoms. The van der Waals surface area contributed by atoms with Crippen LogP contribution in [0.15, 0.2) is 102 Å². The average Bonchev–Trinajstić information content (AvgIpc) is 3.80. The maximum absolute atomic E-state index is 13.4. The molecule has 0 aliphatic carbocycles. The Bertz CT molecular complexity index is 2260. The largest absolute Gasteiger partial charge is 0.444 e. The Morgan fingerprint density at radius 1 is 0.961 bits per heavy atom. The molecule has 3 aromatic carbocycles. The second kappa shape index (κ2) is 13.9. The minimum Gasteiger partial charge on any atom is -0.444 e. The smallest absolute Gasteiger partial charge is 0.410 e. The number of methoxy groups -OCH3 is 1. The van der Waals surface area contributed by atoms with Crippen LogP contribution in [0.5, 0.6) is 0 Å². The molecule has 3 aromatic heterocycles. The van der Waals surface area contributed by atoms with Crippen LogP contribution in [0.1, 0.15) is 61.3 Å². The number of pyridine rings is 1. The van der Waals surface area contributed by atoms with Gasteiger partial charge in [-0.2, -0.15) is 0 Å². The van der Waals surface area contributed by atoms with Gasteiger partial charge in [-0.15, -0.1) is 0 Å². The number of hydrogen-bond donors (Lipinski definition) is 0. The standard InChI is InChI=1S/C42H42N6O3/c1-28-44-35-20-18-29(23-37(35)46(28)5)17-19-32-25-47(33-24-34(27-50-6)48(26-33)41(49)51-42(2,3)4)36-21-22-43-40(38(32)36)45-39(30-13-9-7-10-14-30)31-15-11-8-12-16-31/h7-16,18,20-23,25,33-34H,24,26-27H2,1-6H3/t33-,34+/m0/s1. The van der Waals surface area contributed by atoms with Crippen LogP contribution in [0, 0.1) is 18.8 Å². The van der Waals surface area contributed by atoms with Crippen molar-refractivity contribution in [3.63, 3.8) is 0 Å². The van der Waals surface area contributed by atoms with E-state index >= 15 is 0 Å². The van der Waals surface area contributed by atoms with E-state index in [0.717, 1.165) is 55.7 Å². The van der Waals surface area contributed by atoms with E-state index in [4.69, 9.17) is 19.5 Å². The molecule has 0 saturated carbocycles. The van der Waals surface area contributed by atoms with Crippen molar-refractivity contribution in [2.75, 3.05) is 20.3 Å². The molecule has 4 heterocycles. The van der Waals surface area contributed by atoms with Crippen LogP contribution < -0.4 is 0 Å². The molecule has 0 bridgehead atoms. The summed E-state index contributed by atoms with van der Waals surface area (Å²) in [5, 5.41) is 0.853. The molecule has 0 N–H and O–H groups in total. The van der Waals surface area contributed by atoms with Crippen LogP contribution >= 0.6 is 0 Å². The summed E-state index contributed by atoms with van der Waals surface area (Å²) in [7, 11) is 3.68. The summed E-state index contributed by atoms with van der Waals surface area (Å²) in [6.45, 7) is 8.53. The highest BCUT2D eigenvalue weighted by atomic mass is 16.6. The minimum absolute atomic E-state index is 0.0496. The summed E-state index contributed by atoms with van der Waals surface area (Å²) in [5.74, 6) is 8.44. The van der Waals surface area contributed by atoms with Crippen LogP contribution in [-0.4, -0.2) is 67.7 Å². The number of aryl methyl sites for hydroxylation is 2. The third-order valence-corrected chi connectivity index (χ3v) is 9.26. The molecular formula is C42H42N6O3. The van der Waals surface area contributed by atoms with Crippen molar-refractivity contribution in [3.8, 4) is 11.8 Å². The number of carbonyl (C=O) groups is 1. The summed E-state index contributed by atoms with van der Waals surface area (Å²) in [6, 6.07) is 28.2. The van der Waals surface area contributed by atoms with Gasteiger partial charge in [0, 0.05) is 49.8 Å². The first kappa shape index (κ1) is 33.8. The second-order valence-corrected chi connectivity index (χ2v) is 14.0. The first-order valence-electron chi connectivity index (χ1n) is 17.2. The van der Waals surface area contributed by atoms with Gasteiger partial charge in [0.15, 0.2) is 5.82 Å². The zero-order valence-electron chi connectivity index (χ0n) is 29.9. The van der Waals surface area contributed by atoms with Crippen molar-refractivity contribution >= 4 is 39.6 Å². The van der Waals surface area contributed by atoms with E-state index in [-0.39, 0.29) is 18.2 Å². The van der Waals surface area contributed by atoms with Gasteiger partial charge >= 0.3 is 6.09 Å². The van der Waals surface area contributed by atoms with Crippen molar-refractivity contribution in [1.29, 1.82) is 0 Å². The van der Waals surface area contributed by atoms with Crippen LogP contribution in [0.2, 0.25) is 0 Å². The highest BCUT2D eigenvalue weighted by molar-refractivity contribution is 6.15. The lowest BCUT2D eigenvalue weighted by Gasteiger charge is -2.28. The summed E-state index contributed by atoms with van der Waals surface area (Å²) >= 11 is 0. The van der Waals surface area contributed by atoms with Crippen LogP contribution in [0.3, 0.4) is 0 Å². The van der Waals surface area contributed by atoms with Gasteiger partial charge in [0.25, 0.3) is 0 Å². The van der Waals surface area contributed by atoms with E-state index in [1.807, 2.05) is 89.3 Å². The van der Waals surface area contributed by atoms with E-state index in [0.29, 0.717) is 25.4 Å². The summed E-state index contributed by atoms with van der Waals surface area (Å²) in [4.78, 5) is 30.0. The van der Waals surface area contributed by atoms with Gasteiger partial charge < -0.3 is 23.5 Å². The number of carbonyl (C=O) groups excluding carboxylic acids is 1. The number of aromatic nitrogens is 4. The molecule has 258 valence electrons. The first-order valence-corrected chi connectivity index (χ1v) is 17.2. The Morgan fingerprint density at radius 3 is 2.33 bits per heavy atom. The Labute approximate surface area is 298 Å². The summed E-state index contributed by atoms with van der Waals surface area (Å²) in [6.07, 6.45) is 4.24. The van der Waals surface area contributed by atoms with Crippen LogP contribution in [-0.2, 0) is 16.5 Å². The normalized spacial score (nSPS) is 15.9. The maximum atomic E-state index is 13.4. The Morgan fingerprint density at radius 2 is 1.67 bits per heavy atom. The Kier molecular flexibility index (Phi) is 9.19. The summed E-state index contributed by atoms with van der Waals surface area (Å²) in [5.41, 5.74) is 6.77. The van der Waals surface area contributed by atoms with Gasteiger partial charge in [0.2, 0.25) is 0 Å². The van der Waals surface area contributed by atoms with Crippen molar-refractivity contribution in [2.45, 2.75) is 51.8 Å². The van der Waals surface area contributed by atoms with E-state index in [2.05, 4.69) is 62.5 Å². The first-order chi connectivity index (χ1) is 24.6. The fraction of sp³-hybridized carbons (Fsp3) is 0.286. The van der Waals surface area contributed by atoms with Crippen molar-refractivity contribution < 1.29 is 14.3 Å². The number of nitrogens with zero attached hydrogens (tertiary/aromatic N) is 6. The van der Waals surface area contributed by atoms with Crippen LogP contribution in [0.4, 0.5) is 10.6 Å². The van der Waals surface area contributed by atoms with Gasteiger partial charge in [0.05, 0.1) is 51.9 Å². The summed E-state index contributed by atoms with van der Waals surface area (Å²) < 4.78 is 15.7. The molecule has 0 spiro atoms. The number of amides is 1. The number of hydrogen-bond acceptors (Lipinski definition) is 6. The number of rotatable bonds is 6. The molecule has 1 saturated heterocycles. The third kappa shape index (κ3) is 7.01. The molecule has 1 fully saturated rings.